The van der Waals surface area contributed by atoms with E-state index in [2.05, 4.69) is 10.3 Å². The SMILES string of the molecule is CC(C)(C)OC(=O)NC1CCC(n2c(=O)[nH]c3cc(C(F)(F)F)ccc32)CC1. The number of benzene rings is 1. The van der Waals surface area contributed by atoms with E-state index in [1.54, 1.807) is 20.8 Å². The van der Waals surface area contributed by atoms with Gasteiger partial charge in [0.25, 0.3) is 0 Å². The Labute approximate surface area is 160 Å². The highest BCUT2D eigenvalue weighted by Gasteiger charge is 2.32. The van der Waals surface area contributed by atoms with Gasteiger partial charge in [-0.05, 0) is 64.7 Å². The van der Waals surface area contributed by atoms with Crippen molar-refractivity contribution < 1.29 is 22.7 Å². The molecular formula is C19H24F3N3O3. The van der Waals surface area contributed by atoms with Crippen LogP contribution in [0.1, 0.15) is 58.1 Å². The highest BCUT2D eigenvalue weighted by Crippen LogP contribution is 2.33. The number of hydrogen-bond acceptors (Lipinski definition) is 3. The molecular weight excluding hydrogens is 375 g/mol. The lowest BCUT2D eigenvalue weighted by Gasteiger charge is -2.30. The van der Waals surface area contributed by atoms with Crippen molar-refractivity contribution in [3.8, 4) is 0 Å². The molecule has 9 heteroatoms. The van der Waals surface area contributed by atoms with Crippen LogP contribution in [0.5, 0.6) is 0 Å². The topological polar surface area (TPSA) is 76.1 Å². The van der Waals surface area contributed by atoms with E-state index in [1.165, 1.54) is 10.6 Å². The second-order valence-electron chi connectivity index (χ2n) is 8.18. The maximum atomic E-state index is 12.9. The number of carbonyl (C=O) groups excluding carboxylic acids is 1. The normalized spacial score (nSPS) is 20.9. The largest absolute Gasteiger partial charge is 0.444 e. The number of halogens is 3. The second-order valence-corrected chi connectivity index (χ2v) is 8.18. The Balaban J connectivity index is 1.71. The molecule has 0 spiro atoms. The number of hydrogen-bond donors (Lipinski definition) is 2. The predicted molar refractivity (Wildman–Crippen MR) is 98.2 cm³/mol. The van der Waals surface area contributed by atoms with Gasteiger partial charge in [-0.3, -0.25) is 4.57 Å². The van der Waals surface area contributed by atoms with Crippen LogP contribution in [0, 0.1) is 0 Å². The summed E-state index contributed by atoms with van der Waals surface area (Å²) in [4.78, 5) is 26.8. The van der Waals surface area contributed by atoms with Crippen LogP contribution in [0.2, 0.25) is 0 Å². The zero-order chi connectivity index (χ0) is 20.7. The number of alkyl carbamates (subject to hydrolysis) is 1. The Morgan fingerprint density at radius 2 is 1.82 bits per heavy atom. The molecule has 0 saturated heterocycles. The van der Waals surface area contributed by atoms with E-state index in [0.717, 1.165) is 12.1 Å². The lowest BCUT2D eigenvalue weighted by atomic mass is 9.91. The summed E-state index contributed by atoms with van der Waals surface area (Å²) < 4.78 is 45.4. The summed E-state index contributed by atoms with van der Waals surface area (Å²) in [5.74, 6) is 0. The number of carbonyl (C=O) groups is 1. The first-order chi connectivity index (χ1) is 12.9. The third-order valence-corrected chi connectivity index (χ3v) is 4.83. The number of aromatic nitrogens is 2. The number of rotatable bonds is 2. The van der Waals surface area contributed by atoms with Gasteiger partial charge in [0.05, 0.1) is 16.6 Å². The average Bonchev–Trinajstić information content (AvgIpc) is 2.88. The number of ether oxygens (including phenoxy) is 1. The molecule has 0 atom stereocenters. The molecule has 1 fully saturated rings. The van der Waals surface area contributed by atoms with Crippen LogP contribution in [-0.2, 0) is 10.9 Å². The van der Waals surface area contributed by atoms with Gasteiger partial charge >= 0.3 is 18.0 Å². The molecule has 6 nitrogen and oxygen atoms in total. The van der Waals surface area contributed by atoms with Crippen molar-refractivity contribution >= 4 is 17.1 Å². The summed E-state index contributed by atoms with van der Waals surface area (Å²) >= 11 is 0. The Morgan fingerprint density at radius 3 is 2.39 bits per heavy atom. The first kappa shape index (κ1) is 20.3. The summed E-state index contributed by atoms with van der Waals surface area (Å²) in [6, 6.07) is 3.10. The van der Waals surface area contributed by atoms with E-state index in [4.69, 9.17) is 4.74 Å². The van der Waals surface area contributed by atoms with Gasteiger partial charge < -0.3 is 15.0 Å². The number of nitrogens with one attached hydrogen (secondary N) is 2. The molecule has 28 heavy (non-hydrogen) atoms. The molecule has 2 aromatic rings. The van der Waals surface area contributed by atoms with Gasteiger partial charge in [-0.15, -0.1) is 0 Å². The maximum Gasteiger partial charge on any atom is 0.416 e. The molecule has 2 N–H and O–H groups in total. The van der Waals surface area contributed by atoms with Gasteiger partial charge in [-0.1, -0.05) is 0 Å². The van der Waals surface area contributed by atoms with E-state index in [-0.39, 0.29) is 17.6 Å². The van der Waals surface area contributed by atoms with Gasteiger partial charge in [-0.25, -0.2) is 9.59 Å². The minimum absolute atomic E-state index is 0.0520. The van der Waals surface area contributed by atoms with Gasteiger partial charge in [0.1, 0.15) is 5.60 Å². The standard InChI is InChI=1S/C19H24F3N3O3/c1-18(2,3)28-17(27)23-12-5-7-13(8-6-12)25-15-9-4-11(19(20,21)22)10-14(15)24-16(25)26/h4,9-10,12-13H,5-8H2,1-3H3,(H,23,27)(H,24,26). The van der Waals surface area contributed by atoms with E-state index in [0.29, 0.717) is 31.2 Å². The molecule has 1 aliphatic rings. The molecule has 1 aliphatic carbocycles. The lowest BCUT2D eigenvalue weighted by molar-refractivity contribution is -0.137. The van der Waals surface area contributed by atoms with Crippen LogP contribution >= 0.6 is 0 Å². The molecule has 0 unspecified atom stereocenters. The quantitative estimate of drug-likeness (QED) is 0.788. The van der Waals surface area contributed by atoms with Crippen LogP contribution in [0.4, 0.5) is 18.0 Å². The summed E-state index contributed by atoms with van der Waals surface area (Å²) in [5.41, 5.74) is -1.15. The highest BCUT2D eigenvalue weighted by atomic mass is 19.4. The third-order valence-electron chi connectivity index (χ3n) is 4.83. The number of H-pyrrole nitrogens is 1. The molecule has 0 bridgehead atoms. The van der Waals surface area contributed by atoms with Gasteiger partial charge in [-0.2, -0.15) is 13.2 Å². The summed E-state index contributed by atoms with van der Waals surface area (Å²) in [6.07, 6.45) is -2.35. The molecule has 1 aromatic carbocycles. The second kappa shape index (κ2) is 7.18. The third kappa shape index (κ3) is 4.51. The van der Waals surface area contributed by atoms with Crippen molar-refractivity contribution in [2.24, 2.45) is 0 Å². The van der Waals surface area contributed by atoms with E-state index < -0.39 is 29.1 Å². The minimum Gasteiger partial charge on any atom is -0.444 e. The number of imidazole rings is 1. The van der Waals surface area contributed by atoms with Crippen molar-refractivity contribution in [2.75, 3.05) is 0 Å². The van der Waals surface area contributed by atoms with Crippen LogP contribution < -0.4 is 11.0 Å². The zero-order valence-electron chi connectivity index (χ0n) is 16.0. The van der Waals surface area contributed by atoms with Crippen LogP contribution in [0.15, 0.2) is 23.0 Å². The smallest absolute Gasteiger partial charge is 0.416 e. The molecule has 1 amide bonds. The Morgan fingerprint density at radius 1 is 1.18 bits per heavy atom. The van der Waals surface area contributed by atoms with E-state index >= 15 is 0 Å². The molecule has 1 heterocycles. The predicted octanol–water partition coefficient (Wildman–Crippen LogP) is 4.36. The molecule has 0 radical (unpaired) electrons. The average molecular weight is 399 g/mol. The summed E-state index contributed by atoms with van der Waals surface area (Å²) in [7, 11) is 0. The summed E-state index contributed by atoms with van der Waals surface area (Å²) in [5, 5.41) is 2.84. The van der Waals surface area contributed by atoms with Crippen molar-refractivity contribution in [3.05, 3.63) is 34.2 Å². The number of nitrogens with zero attached hydrogens (tertiary/aromatic N) is 1. The molecule has 0 aliphatic heterocycles. The van der Waals surface area contributed by atoms with Crippen LogP contribution in [-0.4, -0.2) is 27.3 Å². The van der Waals surface area contributed by atoms with Gasteiger partial charge in [0.2, 0.25) is 0 Å². The number of amides is 1. The highest BCUT2D eigenvalue weighted by molar-refractivity contribution is 5.76. The molecule has 3 rings (SSSR count). The zero-order valence-corrected chi connectivity index (χ0v) is 16.0. The van der Waals surface area contributed by atoms with Crippen molar-refractivity contribution in [1.29, 1.82) is 0 Å². The molecule has 1 saturated carbocycles. The number of alkyl halides is 3. The van der Waals surface area contributed by atoms with Crippen molar-refractivity contribution in [2.45, 2.75) is 70.3 Å². The first-order valence-corrected chi connectivity index (χ1v) is 9.25. The fraction of sp³-hybridized carbons (Fsp3) is 0.579. The summed E-state index contributed by atoms with van der Waals surface area (Å²) in [6.45, 7) is 5.37. The van der Waals surface area contributed by atoms with Crippen molar-refractivity contribution in [1.82, 2.24) is 14.9 Å². The first-order valence-electron chi connectivity index (χ1n) is 9.25. The minimum atomic E-state index is -4.46. The lowest BCUT2D eigenvalue weighted by Crippen LogP contribution is -2.41. The van der Waals surface area contributed by atoms with E-state index in [9.17, 15) is 22.8 Å². The van der Waals surface area contributed by atoms with Crippen LogP contribution in [0.3, 0.4) is 0 Å². The van der Waals surface area contributed by atoms with Crippen molar-refractivity contribution in [3.63, 3.8) is 0 Å². The fourth-order valence-electron chi connectivity index (χ4n) is 3.62. The van der Waals surface area contributed by atoms with Crippen LogP contribution in [0.25, 0.3) is 11.0 Å². The monoisotopic (exact) mass is 399 g/mol. The molecule has 1 aromatic heterocycles. The molecule has 154 valence electrons. The Hall–Kier alpha value is -2.45. The van der Waals surface area contributed by atoms with E-state index in [1.807, 2.05) is 0 Å². The number of fused-ring (bicyclic) bond motifs is 1. The Bertz CT molecular complexity index is 916. The Kier molecular flexibility index (Phi) is 5.20. The number of aromatic amines is 1. The fourth-order valence-corrected chi connectivity index (χ4v) is 3.62. The van der Waals surface area contributed by atoms with Gasteiger partial charge in [0.15, 0.2) is 0 Å². The van der Waals surface area contributed by atoms with Gasteiger partial charge in [0, 0.05) is 12.1 Å². The maximum absolute atomic E-state index is 12.9.